The van der Waals surface area contributed by atoms with E-state index in [-0.39, 0.29) is 5.75 Å². The molecule has 0 spiro atoms. The maximum Gasteiger partial charge on any atom is 0.265 e. The van der Waals surface area contributed by atoms with E-state index >= 15 is 0 Å². The van der Waals surface area contributed by atoms with E-state index in [2.05, 4.69) is 4.98 Å². The molecule has 12 heteroatoms. The van der Waals surface area contributed by atoms with Crippen molar-refractivity contribution in [2.45, 2.75) is 4.90 Å². The summed E-state index contributed by atoms with van der Waals surface area (Å²) in [4.78, 5) is 3.06. The molecule has 0 radical (unpaired) electrons. The van der Waals surface area contributed by atoms with E-state index in [0.29, 0.717) is 40.3 Å². The van der Waals surface area contributed by atoms with Crippen molar-refractivity contribution in [1.29, 1.82) is 0 Å². The summed E-state index contributed by atoms with van der Waals surface area (Å²) in [6.45, 7) is 0. The lowest BCUT2D eigenvalue weighted by Crippen LogP contribution is -2.16. The minimum absolute atomic E-state index is 0.00624. The number of ether oxygens (including phenoxy) is 3. The monoisotopic (exact) mass is 508 g/mol. The smallest absolute Gasteiger partial charge is 0.265 e. The molecule has 0 saturated carbocycles. The molecule has 35 heavy (non-hydrogen) atoms. The number of aromatic nitrogens is 1. The van der Waals surface area contributed by atoms with Crippen LogP contribution in [0, 0.1) is 23.3 Å². The van der Waals surface area contributed by atoms with Crippen molar-refractivity contribution in [3.63, 3.8) is 0 Å². The third kappa shape index (κ3) is 4.64. The predicted octanol–water partition coefficient (Wildman–Crippen LogP) is 5.40. The lowest BCUT2D eigenvalue weighted by Gasteiger charge is -2.13. The Morgan fingerprint density at radius 2 is 1.51 bits per heavy atom. The molecule has 0 unspecified atom stereocenters. The summed E-state index contributed by atoms with van der Waals surface area (Å²) in [5.41, 5.74) is -0.0500. The first-order valence-corrected chi connectivity index (χ1v) is 11.3. The van der Waals surface area contributed by atoms with Crippen LogP contribution in [0.25, 0.3) is 10.9 Å². The number of hydrogen-bond acceptors (Lipinski definition) is 6. The second-order valence-electron chi connectivity index (χ2n) is 7.06. The van der Waals surface area contributed by atoms with Crippen LogP contribution in [-0.4, -0.2) is 27.6 Å². The van der Waals surface area contributed by atoms with Gasteiger partial charge < -0.3 is 14.2 Å². The third-order valence-corrected chi connectivity index (χ3v) is 6.29. The number of sulfonamides is 1. The number of benzene rings is 3. The van der Waals surface area contributed by atoms with Gasteiger partial charge in [0.15, 0.2) is 34.8 Å². The minimum atomic E-state index is -4.77. The molecule has 0 aliphatic rings. The molecule has 0 bridgehead atoms. The lowest BCUT2D eigenvalue weighted by atomic mass is 10.2. The SMILES string of the molecule is COc1cc2nccc(Oc3ccc(NS(=O)(=O)c4ccc(F)c(F)c4F)c(F)c3)c2cc1OC. The van der Waals surface area contributed by atoms with Gasteiger partial charge in [0.2, 0.25) is 0 Å². The zero-order valence-electron chi connectivity index (χ0n) is 18.1. The number of nitrogens with one attached hydrogen (secondary N) is 1. The number of halogens is 4. The van der Waals surface area contributed by atoms with Crippen molar-refractivity contribution >= 4 is 26.6 Å². The van der Waals surface area contributed by atoms with Gasteiger partial charge in [-0.25, -0.2) is 26.0 Å². The van der Waals surface area contributed by atoms with E-state index in [1.54, 1.807) is 12.1 Å². The molecule has 3 aromatic carbocycles. The summed E-state index contributed by atoms with van der Waals surface area (Å²) in [5, 5.41) is 0.532. The maximum atomic E-state index is 14.7. The molecule has 0 amide bonds. The second kappa shape index (κ2) is 9.29. The number of rotatable bonds is 7. The van der Waals surface area contributed by atoms with Crippen LogP contribution in [0.1, 0.15) is 0 Å². The maximum absolute atomic E-state index is 14.7. The van der Waals surface area contributed by atoms with Crippen LogP contribution >= 0.6 is 0 Å². The van der Waals surface area contributed by atoms with Crippen molar-refractivity contribution in [1.82, 2.24) is 4.98 Å². The molecule has 1 aromatic heterocycles. The van der Waals surface area contributed by atoms with E-state index in [1.807, 2.05) is 4.72 Å². The molecule has 0 atom stereocenters. The normalized spacial score (nSPS) is 11.4. The molecular weight excluding hydrogens is 492 g/mol. The van der Waals surface area contributed by atoms with Crippen LogP contribution in [0.5, 0.6) is 23.0 Å². The highest BCUT2D eigenvalue weighted by Crippen LogP contribution is 2.37. The van der Waals surface area contributed by atoms with Gasteiger partial charge in [-0.05, 0) is 36.4 Å². The molecule has 4 aromatic rings. The molecule has 0 aliphatic carbocycles. The zero-order valence-corrected chi connectivity index (χ0v) is 18.9. The number of nitrogens with zero attached hydrogens (tertiary/aromatic N) is 1. The first-order valence-electron chi connectivity index (χ1n) is 9.79. The van der Waals surface area contributed by atoms with E-state index in [4.69, 9.17) is 14.2 Å². The Kier molecular flexibility index (Phi) is 6.39. The van der Waals surface area contributed by atoms with Crippen LogP contribution in [0.15, 0.2) is 59.6 Å². The Hall–Kier alpha value is -4.06. The lowest BCUT2D eigenvalue weighted by molar-refractivity contribution is 0.355. The van der Waals surface area contributed by atoms with Gasteiger partial charge in [-0.2, -0.15) is 0 Å². The molecule has 0 aliphatic heterocycles. The van der Waals surface area contributed by atoms with Gasteiger partial charge in [-0.1, -0.05) is 0 Å². The molecule has 7 nitrogen and oxygen atoms in total. The van der Waals surface area contributed by atoms with Crippen LogP contribution in [0.3, 0.4) is 0 Å². The van der Waals surface area contributed by atoms with Gasteiger partial charge in [0.25, 0.3) is 10.0 Å². The molecule has 1 N–H and O–H groups in total. The fourth-order valence-corrected chi connectivity index (χ4v) is 4.36. The van der Waals surface area contributed by atoms with Crippen LogP contribution in [0.2, 0.25) is 0 Å². The summed E-state index contributed by atoms with van der Waals surface area (Å²) in [6.07, 6.45) is 1.47. The van der Waals surface area contributed by atoms with Gasteiger partial charge in [0.05, 0.1) is 25.4 Å². The van der Waals surface area contributed by atoms with E-state index in [9.17, 15) is 26.0 Å². The Bertz CT molecular complexity index is 1550. The van der Waals surface area contributed by atoms with E-state index in [0.717, 1.165) is 12.1 Å². The van der Waals surface area contributed by atoms with Gasteiger partial charge in [-0.15, -0.1) is 0 Å². The first-order chi connectivity index (χ1) is 16.6. The fraction of sp³-hybridized carbons (Fsp3) is 0.0870. The summed E-state index contributed by atoms with van der Waals surface area (Å²) in [5.74, 6) is -5.34. The standard InChI is InChI=1S/C23H16F4N2O5S/c1-32-19-10-13-17(11-20(19)33-2)28-8-7-18(13)34-12-3-5-16(15(25)9-12)29-35(30,31)21-6-4-14(24)22(26)23(21)27/h3-11,29H,1-2H3. The fourth-order valence-electron chi connectivity index (χ4n) is 3.22. The summed E-state index contributed by atoms with van der Waals surface area (Å²) in [7, 11) is -1.83. The quantitative estimate of drug-likeness (QED) is 0.266. The number of anilines is 1. The molecule has 0 saturated heterocycles. The molecule has 0 fully saturated rings. The highest BCUT2D eigenvalue weighted by molar-refractivity contribution is 7.92. The largest absolute Gasteiger partial charge is 0.493 e. The van der Waals surface area contributed by atoms with Crippen molar-refractivity contribution in [2.75, 3.05) is 18.9 Å². The van der Waals surface area contributed by atoms with Crippen LogP contribution in [-0.2, 0) is 10.0 Å². The highest BCUT2D eigenvalue weighted by atomic mass is 32.2. The Balaban J connectivity index is 1.63. The predicted molar refractivity (Wildman–Crippen MR) is 118 cm³/mol. The van der Waals surface area contributed by atoms with Crippen LogP contribution in [0.4, 0.5) is 23.2 Å². The van der Waals surface area contributed by atoms with Crippen molar-refractivity contribution in [2.24, 2.45) is 0 Å². The average molecular weight is 508 g/mol. The van der Waals surface area contributed by atoms with Crippen LogP contribution < -0.4 is 18.9 Å². The second-order valence-corrected chi connectivity index (χ2v) is 8.71. The van der Waals surface area contributed by atoms with Crippen molar-refractivity contribution in [3.05, 3.63) is 78.0 Å². The average Bonchev–Trinajstić information content (AvgIpc) is 2.83. The third-order valence-electron chi connectivity index (χ3n) is 4.91. The summed E-state index contributed by atoms with van der Waals surface area (Å²) in [6, 6.07) is 8.97. The van der Waals surface area contributed by atoms with Crippen molar-refractivity contribution in [3.8, 4) is 23.0 Å². The number of fused-ring (bicyclic) bond motifs is 1. The molecule has 182 valence electrons. The first kappa shape index (κ1) is 24.1. The van der Waals surface area contributed by atoms with E-state index < -0.39 is 43.9 Å². The Morgan fingerprint density at radius 1 is 0.800 bits per heavy atom. The zero-order chi connectivity index (χ0) is 25.3. The van der Waals surface area contributed by atoms with Gasteiger partial charge in [-0.3, -0.25) is 9.71 Å². The van der Waals surface area contributed by atoms with Gasteiger partial charge in [0, 0.05) is 23.7 Å². The highest BCUT2D eigenvalue weighted by Gasteiger charge is 2.25. The Labute approximate surface area is 196 Å². The summed E-state index contributed by atoms with van der Waals surface area (Å²) >= 11 is 0. The number of hydrogen-bond donors (Lipinski definition) is 1. The summed E-state index contributed by atoms with van der Waals surface area (Å²) < 4.78 is 98.1. The minimum Gasteiger partial charge on any atom is -0.493 e. The molecular formula is C23H16F4N2O5S. The van der Waals surface area contributed by atoms with E-state index in [1.165, 1.54) is 32.5 Å². The Morgan fingerprint density at radius 3 is 2.20 bits per heavy atom. The topological polar surface area (TPSA) is 86.8 Å². The number of methoxy groups -OCH3 is 2. The van der Waals surface area contributed by atoms with Crippen molar-refractivity contribution < 1.29 is 40.2 Å². The molecule has 1 heterocycles. The molecule has 4 rings (SSSR count). The van der Waals surface area contributed by atoms with Gasteiger partial charge >= 0.3 is 0 Å². The van der Waals surface area contributed by atoms with Gasteiger partial charge in [0.1, 0.15) is 16.4 Å². The number of pyridine rings is 1.